The number of nitrogens with zero attached hydrogens (tertiary/aromatic N) is 3. The molecule has 2 heterocycles. The van der Waals surface area contributed by atoms with E-state index in [0.29, 0.717) is 23.6 Å². The third kappa shape index (κ3) is 2.42. The van der Waals surface area contributed by atoms with Gasteiger partial charge in [-0.15, -0.1) is 0 Å². The maximum atomic E-state index is 12.5. The summed E-state index contributed by atoms with van der Waals surface area (Å²) in [6, 6.07) is 0. The van der Waals surface area contributed by atoms with Crippen molar-refractivity contribution in [2.24, 2.45) is 13.0 Å². The monoisotopic (exact) mass is 302 g/mol. The molecule has 0 bridgehead atoms. The van der Waals surface area contributed by atoms with Gasteiger partial charge in [0.1, 0.15) is 11.3 Å². The molecule has 118 valence electrons. The molecular weight excluding hydrogens is 280 g/mol. The van der Waals surface area contributed by atoms with E-state index in [9.17, 15) is 9.59 Å². The molecular formula is C16H22N4O2. The van der Waals surface area contributed by atoms with Crippen LogP contribution in [0.5, 0.6) is 0 Å². The average molecular weight is 302 g/mol. The Bertz CT molecular complexity index is 838. The van der Waals surface area contributed by atoms with Gasteiger partial charge in [0, 0.05) is 19.5 Å². The summed E-state index contributed by atoms with van der Waals surface area (Å²) in [7, 11) is 1.53. The Labute approximate surface area is 128 Å². The Morgan fingerprint density at radius 1 is 1.36 bits per heavy atom. The zero-order valence-electron chi connectivity index (χ0n) is 13.3. The Morgan fingerprint density at radius 2 is 2.14 bits per heavy atom. The fourth-order valence-electron chi connectivity index (χ4n) is 2.97. The number of aromatic nitrogens is 4. The molecule has 0 amide bonds. The van der Waals surface area contributed by atoms with E-state index in [4.69, 9.17) is 0 Å². The second-order valence-corrected chi connectivity index (χ2v) is 6.38. The van der Waals surface area contributed by atoms with Crippen LogP contribution in [0.3, 0.4) is 0 Å². The quantitative estimate of drug-likeness (QED) is 0.880. The minimum Gasteiger partial charge on any atom is -0.336 e. The summed E-state index contributed by atoms with van der Waals surface area (Å²) in [5.41, 5.74) is 0.330. The topological polar surface area (TPSA) is 72.7 Å². The minimum atomic E-state index is -0.306. The maximum Gasteiger partial charge on any atom is 0.332 e. The van der Waals surface area contributed by atoms with Crippen LogP contribution in [0.1, 0.15) is 44.9 Å². The van der Waals surface area contributed by atoms with Crippen molar-refractivity contribution in [3.63, 3.8) is 0 Å². The molecule has 1 unspecified atom stereocenters. The molecule has 0 saturated carbocycles. The number of fused-ring (bicyclic) bond motifs is 1. The van der Waals surface area contributed by atoms with Gasteiger partial charge in [0.25, 0.3) is 5.56 Å². The lowest BCUT2D eigenvalue weighted by molar-refractivity contribution is 0.401. The number of hydrogen-bond acceptors (Lipinski definition) is 3. The largest absolute Gasteiger partial charge is 0.336 e. The van der Waals surface area contributed by atoms with Gasteiger partial charge in [-0.3, -0.25) is 13.9 Å². The molecule has 0 fully saturated rings. The molecule has 0 aromatic carbocycles. The average Bonchev–Trinajstić information content (AvgIpc) is 2.96. The van der Waals surface area contributed by atoms with Crippen LogP contribution in [0.4, 0.5) is 0 Å². The van der Waals surface area contributed by atoms with E-state index in [0.717, 1.165) is 25.1 Å². The molecule has 0 spiro atoms. The predicted molar refractivity (Wildman–Crippen MR) is 86.2 cm³/mol. The van der Waals surface area contributed by atoms with E-state index in [-0.39, 0.29) is 17.2 Å². The van der Waals surface area contributed by atoms with Gasteiger partial charge in [0.15, 0.2) is 5.65 Å². The van der Waals surface area contributed by atoms with E-state index >= 15 is 0 Å². The summed E-state index contributed by atoms with van der Waals surface area (Å²) in [6.45, 7) is 4.63. The SMILES string of the molecule is CC(C)c1nc2c([nH]1)c(=O)n(C)c(=O)n2CC1CC=CCC1. The van der Waals surface area contributed by atoms with E-state index in [1.807, 2.05) is 13.8 Å². The van der Waals surface area contributed by atoms with Gasteiger partial charge in [-0.05, 0) is 25.2 Å². The second-order valence-electron chi connectivity index (χ2n) is 6.38. The third-order valence-electron chi connectivity index (χ3n) is 4.36. The molecule has 3 rings (SSSR count). The van der Waals surface area contributed by atoms with Gasteiger partial charge in [-0.1, -0.05) is 26.0 Å². The highest BCUT2D eigenvalue weighted by atomic mass is 16.2. The van der Waals surface area contributed by atoms with Crippen LogP contribution in [0, 0.1) is 5.92 Å². The van der Waals surface area contributed by atoms with Crippen molar-refractivity contribution in [2.75, 3.05) is 0 Å². The first-order valence-corrected chi connectivity index (χ1v) is 7.83. The molecule has 6 nitrogen and oxygen atoms in total. The Morgan fingerprint density at radius 3 is 2.77 bits per heavy atom. The minimum absolute atomic E-state index is 0.179. The van der Waals surface area contributed by atoms with Crippen molar-refractivity contribution in [3.8, 4) is 0 Å². The van der Waals surface area contributed by atoms with Crippen molar-refractivity contribution >= 4 is 11.2 Å². The Hall–Kier alpha value is -2.11. The normalized spacial score (nSPS) is 18.5. The molecule has 22 heavy (non-hydrogen) atoms. The zero-order valence-corrected chi connectivity index (χ0v) is 13.3. The highest BCUT2D eigenvalue weighted by Crippen LogP contribution is 2.21. The number of rotatable bonds is 3. The highest BCUT2D eigenvalue weighted by Gasteiger charge is 2.19. The first kappa shape index (κ1) is 14.8. The smallest absolute Gasteiger partial charge is 0.332 e. The van der Waals surface area contributed by atoms with Gasteiger partial charge < -0.3 is 4.98 Å². The van der Waals surface area contributed by atoms with Crippen molar-refractivity contribution < 1.29 is 0 Å². The van der Waals surface area contributed by atoms with Crippen LogP contribution in [0.15, 0.2) is 21.7 Å². The van der Waals surface area contributed by atoms with Crippen LogP contribution in [0.2, 0.25) is 0 Å². The highest BCUT2D eigenvalue weighted by molar-refractivity contribution is 5.70. The van der Waals surface area contributed by atoms with E-state index in [1.165, 1.54) is 11.6 Å². The molecule has 0 aliphatic heterocycles. The van der Waals surface area contributed by atoms with Crippen LogP contribution >= 0.6 is 0 Å². The fourth-order valence-corrected chi connectivity index (χ4v) is 2.97. The Kier molecular flexibility index (Phi) is 3.76. The summed E-state index contributed by atoms with van der Waals surface area (Å²) in [5, 5.41) is 0. The molecule has 2 aromatic rings. The maximum absolute atomic E-state index is 12.5. The van der Waals surface area contributed by atoms with E-state index in [2.05, 4.69) is 22.1 Å². The lowest BCUT2D eigenvalue weighted by Gasteiger charge is -2.19. The summed E-state index contributed by atoms with van der Waals surface area (Å²) >= 11 is 0. The number of H-pyrrole nitrogens is 1. The van der Waals surface area contributed by atoms with Crippen LogP contribution in [0.25, 0.3) is 11.2 Å². The number of hydrogen-bond donors (Lipinski definition) is 1. The zero-order chi connectivity index (χ0) is 15.9. The molecule has 1 aliphatic rings. The van der Waals surface area contributed by atoms with Crippen LogP contribution in [-0.4, -0.2) is 19.1 Å². The first-order chi connectivity index (χ1) is 10.5. The summed E-state index contributed by atoms with van der Waals surface area (Å²) in [4.78, 5) is 32.4. The van der Waals surface area contributed by atoms with Gasteiger partial charge in [-0.25, -0.2) is 9.78 Å². The standard InChI is InChI=1S/C16H22N4O2/c1-10(2)13-17-12-14(18-13)20(16(22)19(3)15(12)21)9-11-7-5-4-6-8-11/h4-5,10-11H,6-9H2,1-3H3,(H,17,18). The summed E-state index contributed by atoms with van der Waals surface area (Å²) in [6.07, 6.45) is 7.43. The number of allylic oxidation sites excluding steroid dienone is 2. The number of nitrogens with one attached hydrogen (secondary N) is 1. The summed E-state index contributed by atoms with van der Waals surface area (Å²) < 4.78 is 2.83. The van der Waals surface area contributed by atoms with Crippen LogP contribution < -0.4 is 11.2 Å². The van der Waals surface area contributed by atoms with E-state index in [1.54, 1.807) is 4.57 Å². The molecule has 2 aromatic heterocycles. The van der Waals surface area contributed by atoms with Crippen molar-refractivity contribution in [1.82, 2.24) is 19.1 Å². The van der Waals surface area contributed by atoms with Gasteiger partial charge in [0.05, 0.1) is 0 Å². The van der Waals surface area contributed by atoms with Crippen LogP contribution in [-0.2, 0) is 13.6 Å². The van der Waals surface area contributed by atoms with Crippen molar-refractivity contribution in [1.29, 1.82) is 0 Å². The summed E-state index contributed by atoms with van der Waals surface area (Å²) in [5.74, 6) is 1.34. The lowest BCUT2D eigenvalue weighted by Crippen LogP contribution is -2.39. The molecule has 1 aliphatic carbocycles. The third-order valence-corrected chi connectivity index (χ3v) is 4.36. The Balaban J connectivity index is 2.16. The molecule has 0 saturated heterocycles. The first-order valence-electron chi connectivity index (χ1n) is 7.83. The predicted octanol–water partition coefficient (Wildman–Crippen LogP) is 1.90. The molecule has 1 N–H and O–H groups in total. The van der Waals surface area contributed by atoms with Gasteiger partial charge >= 0.3 is 5.69 Å². The van der Waals surface area contributed by atoms with Crippen molar-refractivity contribution in [3.05, 3.63) is 38.8 Å². The number of aromatic amines is 1. The lowest BCUT2D eigenvalue weighted by atomic mass is 9.94. The molecule has 6 heteroatoms. The fraction of sp³-hybridized carbons (Fsp3) is 0.562. The van der Waals surface area contributed by atoms with Gasteiger partial charge in [0.2, 0.25) is 0 Å². The van der Waals surface area contributed by atoms with Crippen molar-refractivity contribution in [2.45, 2.75) is 45.6 Å². The second kappa shape index (κ2) is 5.59. The molecule has 0 radical (unpaired) electrons. The van der Waals surface area contributed by atoms with Gasteiger partial charge in [-0.2, -0.15) is 0 Å². The molecule has 1 atom stereocenters. The van der Waals surface area contributed by atoms with E-state index < -0.39 is 0 Å². The number of imidazole rings is 1.